The van der Waals surface area contributed by atoms with Crippen LogP contribution in [0.3, 0.4) is 0 Å². The molecule has 0 aliphatic carbocycles. The van der Waals surface area contributed by atoms with Gasteiger partial charge in [0.1, 0.15) is 6.61 Å². The molecule has 0 atom stereocenters. The second-order valence-corrected chi connectivity index (χ2v) is 4.02. The van der Waals surface area contributed by atoms with Gasteiger partial charge in [-0.25, -0.2) is 4.79 Å². The summed E-state index contributed by atoms with van der Waals surface area (Å²) in [5.41, 5.74) is 6.56. The average Bonchev–Trinajstić information content (AvgIpc) is 2.22. The predicted molar refractivity (Wildman–Crippen MR) is 65.3 cm³/mol. The maximum Gasteiger partial charge on any atom is 0.338 e. The highest BCUT2D eigenvalue weighted by Gasteiger charge is 2.08. The second kappa shape index (κ2) is 6.50. The summed E-state index contributed by atoms with van der Waals surface area (Å²) >= 11 is 3.26. The quantitative estimate of drug-likeness (QED) is 0.512. The van der Waals surface area contributed by atoms with Crippen molar-refractivity contribution in [3.8, 4) is 0 Å². The van der Waals surface area contributed by atoms with E-state index < -0.39 is 5.97 Å². The number of rotatable bonds is 5. The molecule has 0 radical (unpaired) electrons. The number of nitrogens with two attached hydrogens (primary N) is 1. The number of benzene rings is 1. The van der Waals surface area contributed by atoms with Crippen LogP contribution in [-0.2, 0) is 9.47 Å². The molecule has 1 rings (SSSR count). The molecule has 88 valence electrons. The Kier molecular flexibility index (Phi) is 5.28. The standard InChI is InChI=1S/C11H14BrNO3/c1-2-15-3-4-16-11(14)8-5-9(12)7-10(13)6-8/h5-7H,2-4,13H2,1H3. The van der Waals surface area contributed by atoms with E-state index in [1.54, 1.807) is 18.2 Å². The van der Waals surface area contributed by atoms with Crippen LogP contribution >= 0.6 is 15.9 Å². The molecule has 0 aromatic heterocycles. The van der Waals surface area contributed by atoms with Crippen molar-refractivity contribution in [1.29, 1.82) is 0 Å². The molecule has 1 aromatic carbocycles. The van der Waals surface area contributed by atoms with Crippen molar-refractivity contribution in [2.75, 3.05) is 25.6 Å². The first-order chi connectivity index (χ1) is 7.63. The van der Waals surface area contributed by atoms with Gasteiger partial charge in [-0.3, -0.25) is 0 Å². The van der Waals surface area contributed by atoms with Gasteiger partial charge in [0.15, 0.2) is 0 Å². The van der Waals surface area contributed by atoms with Gasteiger partial charge in [-0.2, -0.15) is 0 Å². The SMILES string of the molecule is CCOCCOC(=O)c1cc(N)cc(Br)c1. The van der Waals surface area contributed by atoms with Gasteiger partial charge < -0.3 is 15.2 Å². The molecule has 0 unspecified atom stereocenters. The van der Waals surface area contributed by atoms with E-state index in [9.17, 15) is 4.79 Å². The number of ether oxygens (including phenoxy) is 2. The van der Waals surface area contributed by atoms with Crippen molar-refractivity contribution in [1.82, 2.24) is 0 Å². The zero-order valence-corrected chi connectivity index (χ0v) is 10.6. The number of hydrogen-bond acceptors (Lipinski definition) is 4. The maximum absolute atomic E-state index is 11.6. The Morgan fingerprint density at radius 2 is 2.12 bits per heavy atom. The van der Waals surface area contributed by atoms with Gasteiger partial charge in [0.05, 0.1) is 12.2 Å². The topological polar surface area (TPSA) is 61.5 Å². The normalized spacial score (nSPS) is 10.1. The lowest BCUT2D eigenvalue weighted by Crippen LogP contribution is -2.11. The lowest BCUT2D eigenvalue weighted by molar-refractivity contribution is 0.0335. The van der Waals surface area contributed by atoms with Crippen molar-refractivity contribution >= 4 is 27.6 Å². The Balaban J connectivity index is 2.52. The van der Waals surface area contributed by atoms with Crippen molar-refractivity contribution in [2.45, 2.75) is 6.92 Å². The Morgan fingerprint density at radius 1 is 1.38 bits per heavy atom. The van der Waals surface area contributed by atoms with E-state index in [1.807, 2.05) is 6.92 Å². The van der Waals surface area contributed by atoms with Gasteiger partial charge in [-0.15, -0.1) is 0 Å². The third-order valence-corrected chi connectivity index (χ3v) is 2.28. The van der Waals surface area contributed by atoms with E-state index >= 15 is 0 Å². The van der Waals surface area contributed by atoms with Crippen molar-refractivity contribution in [3.63, 3.8) is 0 Å². The Hall–Kier alpha value is -1.07. The zero-order chi connectivity index (χ0) is 12.0. The highest BCUT2D eigenvalue weighted by Crippen LogP contribution is 2.17. The van der Waals surface area contributed by atoms with Crippen LogP contribution < -0.4 is 5.73 Å². The lowest BCUT2D eigenvalue weighted by atomic mass is 10.2. The van der Waals surface area contributed by atoms with E-state index in [-0.39, 0.29) is 6.61 Å². The van der Waals surface area contributed by atoms with Crippen molar-refractivity contribution in [2.24, 2.45) is 0 Å². The lowest BCUT2D eigenvalue weighted by Gasteiger charge is -2.06. The molecule has 0 bridgehead atoms. The van der Waals surface area contributed by atoms with Crippen molar-refractivity contribution < 1.29 is 14.3 Å². The summed E-state index contributed by atoms with van der Waals surface area (Å²) in [4.78, 5) is 11.6. The molecule has 0 spiro atoms. The molecular formula is C11H14BrNO3. The van der Waals surface area contributed by atoms with Crippen LogP contribution in [0.4, 0.5) is 5.69 Å². The summed E-state index contributed by atoms with van der Waals surface area (Å²) in [6.07, 6.45) is 0. The first-order valence-electron chi connectivity index (χ1n) is 4.94. The number of nitrogen functional groups attached to an aromatic ring is 1. The van der Waals surface area contributed by atoms with Gasteiger partial charge in [0.2, 0.25) is 0 Å². The van der Waals surface area contributed by atoms with Crippen LogP contribution in [0.25, 0.3) is 0 Å². The van der Waals surface area contributed by atoms with Gasteiger partial charge in [-0.1, -0.05) is 15.9 Å². The summed E-state index contributed by atoms with van der Waals surface area (Å²) in [7, 11) is 0. The summed E-state index contributed by atoms with van der Waals surface area (Å²) < 4.78 is 10.8. The van der Waals surface area contributed by atoms with E-state index in [0.29, 0.717) is 24.5 Å². The van der Waals surface area contributed by atoms with Crippen LogP contribution in [0.15, 0.2) is 22.7 Å². The zero-order valence-electron chi connectivity index (χ0n) is 9.03. The van der Waals surface area contributed by atoms with Crippen LogP contribution in [0.2, 0.25) is 0 Å². The molecule has 0 fully saturated rings. The van der Waals surface area contributed by atoms with E-state index in [2.05, 4.69) is 15.9 Å². The molecule has 2 N–H and O–H groups in total. The van der Waals surface area contributed by atoms with Crippen LogP contribution in [-0.4, -0.2) is 25.8 Å². The Labute approximate surface area is 103 Å². The van der Waals surface area contributed by atoms with E-state index in [0.717, 1.165) is 4.47 Å². The van der Waals surface area contributed by atoms with Gasteiger partial charge in [-0.05, 0) is 25.1 Å². The van der Waals surface area contributed by atoms with Crippen molar-refractivity contribution in [3.05, 3.63) is 28.2 Å². The first-order valence-corrected chi connectivity index (χ1v) is 5.73. The smallest absolute Gasteiger partial charge is 0.338 e. The molecule has 1 aromatic rings. The molecule has 5 heteroatoms. The molecule has 16 heavy (non-hydrogen) atoms. The highest BCUT2D eigenvalue weighted by molar-refractivity contribution is 9.10. The summed E-state index contributed by atoms with van der Waals surface area (Å²) in [5, 5.41) is 0. The molecule has 0 aliphatic rings. The Morgan fingerprint density at radius 3 is 2.75 bits per heavy atom. The monoisotopic (exact) mass is 287 g/mol. The number of halogens is 1. The number of carbonyl (C=O) groups excluding carboxylic acids is 1. The van der Waals surface area contributed by atoms with E-state index in [1.165, 1.54) is 0 Å². The van der Waals surface area contributed by atoms with Crippen LogP contribution in [0.1, 0.15) is 17.3 Å². The molecule has 0 amide bonds. The summed E-state index contributed by atoms with van der Waals surface area (Å²) in [5.74, 6) is -0.396. The fraction of sp³-hybridized carbons (Fsp3) is 0.364. The Bertz CT molecular complexity index is 348. The number of carbonyl (C=O) groups is 1. The maximum atomic E-state index is 11.6. The molecular weight excluding hydrogens is 274 g/mol. The average molecular weight is 288 g/mol. The molecule has 0 aliphatic heterocycles. The first kappa shape index (κ1) is 13.0. The largest absolute Gasteiger partial charge is 0.460 e. The minimum atomic E-state index is -0.396. The van der Waals surface area contributed by atoms with Crippen LogP contribution in [0, 0.1) is 0 Å². The fourth-order valence-corrected chi connectivity index (χ4v) is 1.66. The second-order valence-electron chi connectivity index (χ2n) is 3.11. The fourth-order valence-electron chi connectivity index (χ4n) is 1.15. The molecule has 4 nitrogen and oxygen atoms in total. The summed E-state index contributed by atoms with van der Waals surface area (Å²) in [6, 6.07) is 4.96. The minimum Gasteiger partial charge on any atom is -0.460 e. The third kappa shape index (κ3) is 4.20. The van der Waals surface area contributed by atoms with E-state index in [4.69, 9.17) is 15.2 Å². The summed E-state index contributed by atoms with van der Waals surface area (Å²) in [6.45, 7) is 3.16. The van der Waals surface area contributed by atoms with Gasteiger partial charge in [0, 0.05) is 16.8 Å². The third-order valence-electron chi connectivity index (χ3n) is 1.82. The van der Waals surface area contributed by atoms with Gasteiger partial charge in [0.25, 0.3) is 0 Å². The predicted octanol–water partition coefficient (Wildman–Crippen LogP) is 2.22. The molecule has 0 saturated carbocycles. The number of esters is 1. The van der Waals surface area contributed by atoms with Crippen LogP contribution in [0.5, 0.6) is 0 Å². The highest BCUT2D eigenvalue weighted by atomic mass is 79.9. The molecule has 0 saturated heterocycles. The van der Waals surface area contributed by atoms with Gasteiger partial charge >= 0.3 is 5.97 Å². The number of anilines is 1. The molecule has 0 heterocycles. The minimum absolute atomic E-state index is 0.249. The number of hydrogen-bond donors (Lipinski definition) is 1.